The van der Waals surface area contributed by atoms with E-state index in [0.29, 0.717) is 10.8 Å². The average molecular weight is 228 g/mol. The number of nitrogens with zero attached hydrogens (tertiary/aromatic N) is 1. The maximum atomic E-state index is 3.59. The Morgan fingerprint density at radius 2 is 2.20 bits per heavy atom. The third kappa shape index (κ3) is 2.69. The Morgan fingerprint density at radius 1 is 1.47 bits per heavy atom. The van der Waals surface area contributed by atoms with E-state index in [2.05, 4.69) is 42.1 Å². The zero-order valence-electron chi connectivity index (χ0n) is 10.3. The Labute approximate surface area is 98.2 Å². The standard InChI is InChI=1S/C12H24N2S/c1-4-11-7-13-10(2)8-14(11)9-12(15-3)5-6-12/h10-11,13H,4-9H2,1-3H3. The highest BCUT2D eigenvalue weighted by molar-refractivity contribution is 8.00. The van der Waals surface area contributed by atoms with E-state index >= 15 is 0 Å². The van der Waals surface area contributed by atoms with E-state index in [1.807, 2.05) is 0 Å². The van der Waals surface area contributed by atoms with Gasteiger partial charge in [-0.2, -0.15) is 11.8 Å². The molecule has 0 amide bonds. The van der Waals surface area contributed by atoms with Crippen molar-refractivity contribution in [1.82, 2.24) is 10.2 Å². The number of piperazine rings is 1. The monoisotopic (exact) mass is 228 g/mol. The van der Waals surface area contributed by atoms with Crippen molar-refractivity contribution in [2.75, 3.05) is 25.9 Å². The molecular formula is C12H24N2S. The molecule has 1 saturated heterocycles. The van der Waals surface area contributed by atoms with Crippen molar-refractivity contribution in [3.8, 4) is 0 Å². The number of thioether (sulfide) groups is 1. The van der Waals surface area contributed by atoms with Gasteiger partial charge in [0.15, 0.2) is 0 Å². The van der Waals surface area contributed by atoms with Crippen LogP contribution in [0, 0.1) is 0 Å². The van der Waals surface area contributed by atoms with Crippen LogP contribution in [0.5, 0.6) is 0 Å². The zero-order valence-corrected chi connectivity index (χ0v) is 11.1. The lowest BCUT2D eigenvalue weighted by atomic mass is 10.1. The molecule has 0 aromatic heterocycles. The number of nitrogens with one attached hydrogen (secondary N) is 1. The van der Waals surface area contributed by atoms with E-state index < -0.39 is 0 Å². The fourth-order valence-electron chi connectivity index (χ4n) is 2.56. The Bertz CT molecular complexity index is 216. The summed E-state index contributed by atoms with van der Waals surface area (Å²) in [7, 11) is 0. The quantitative estimate of drug-likeness (QED) is 0.792. The lowest BCUT2D eigenvalue weighted by Gasteiger charge is -2.40. The van der Waals surface area contributed by atoms with Crippen LogP contribution in [-0.4, -0.2) is 47.6 Å². The van der Waals surface area contributed by atoms with Crippen molar-refractivity contribution in [3.05, 3.63) is 0 Å². The van der Waals surface area contributed by atoms with Gasteiger partial charge in [-0.15, -0.1) is 0 Å². The maximum absolute atomic E-state index is 3.59. The molecule has 0 spiro atoms. The van der Waals surface area contributed by atoms with Crippen LogP contribution in [0.3, 0.4) is 0 Å². The van der Waals surface area contributed by atoms with E-state index in [0.717, 1.165) is 6.04 Å². The molecule has 2 unspecified atom stereocenters. The first kappa shape index (κ1) is 11.7. The van der Waals surface area contributed by atoms with Crippen LogP contribution in [0.15, 0.2) is 0 Å². The van der Waals surface area contributed by atoms with Crippen LogP contribution in [0.25, 0.3) is 0 Å². The Kier molecular flexibility index (Phi) is 3.63. The molecule has 88 valence electrons. The third-order valence-electron chi connectivity index (χ3n) is 3.93. The van der Waals surface area contributed by atoms with Crippen molar-refractivity contribution < 1.29 is 0 Å². The molecule has 0 bridgehead atoms. The lowest BCUT2D eigenvalue weighted by Crippen LogP contribution is -2.56. The van der Waals surface area contributed by atoms with Gasteiger partial charge in [-0.3, -0.25) is 4.90 Å². The van der Waals surface area contributed by atoms with E-state index in [1.54, 1.807) is 0 Å². The maximum Gasteiger partial charge on any atom is 0.0285 e. The smallest absolute Gasteiger partial charge is 0.0285 e. The minimum Gasteiger partial charge on any atom is -0.311 e. The van der Waals surface area contributed by atoms with E-state index in [1.165, 1.54) is 38.9 Å². The SMILES string of the molecule is CCC1CNC(C)CN1CC1(SC)CC1. The van der Waals surface area contributed by atoms with Crippen molar-refractivity contribution in [1.29, 1.82) is 0 Å². The summed E-state index contributed by atoms with van der Waals surface area (Å²) in [6.45, 7) is 8.35. The molecule has 2 atom stereocenters. The molecule has 1 heterocycles. The molecule has 1 aliphatic carbocycles. The second-order valence-electron chi connectivity index (χ2n) is 5.19. The summed E-state index contributed by atoms with van der Waals surface area (Å²) in [5.74, 6) is 0. The summed E-state index contributed by atoms with van der Waals surface area (Å²) >= 11 is 2.08. The molecule has 0 aromatic rings. The average Bonchev–Trinajstić information content (AvgIpc) is 2.99. The van der Waals surface area contributed by atoms with Crippen LogP contribution < -0.4 is 5.32 Å². The summed E-state index contributed by atoms with van der Waals surface area (Å²) in [6.07, 6.45) is 6.43. The summed E-state index contributed by atoms with van der Waals surface area (Å²) in [6, 6.07) is 1.44. The van der Waals surface area contributed by atoms with Crippen molar-refractivity contribution >= 4 is 11.8 Å². The molecule has 1 saturated carbocycles. The van der Waals surface area contributed by atoms with Gasteiger partial charge in [0.1, 0.15) is 0 Å². The van der Waals surface area contributed by atoms with Crippen LogP contribution in [-0.2, 0) is 0 Å². The highest BCUT2D eigenvalue weighted by Crippen LogP contribution is 2.48. The highest BCUT2D eigenvalue weighted by atomic mass is 32.2. The number of hydrogen-bond acceptors (Lipinski definition) is 3. The Balaban J connectivity index is 1.92. The summed E-state index contributed by atoms with van der Waals surface area (Å²) in [4.78, 5) is 2.73. The second-order valence-corrected chi connectivity index (χ2v) is 6.46. The van der Waals surface area contributed by atoms with Gasteiger partial charge in [0.05, 0.1) is 0 Å². The first-order chi connectivity index (χ1) is 7.19. The largest absolute Gasteiger partial charge is 0.311 e. The van der Waals surface area contributed by atoms with Gasteiger partial charge in [-0.1, -0.05) is 6.92 Å². The van der Waals surface area contributed by atoms with Crippen molar-refractivity contribution in [2.24, 2.45) is 0 Å². The zero-order chi connectivity index (χ0) is 10.9. The fraction of sp³-hybridized carbons (Fsp3) is 1.00. The first-order valence-electron chi connectivity index (χ1n) is 6.22. The lowest BCUT2D eigenvalue weighted by molar-refractivity contribution is 0.130. The van der Waals surface area contributed by atoms with E-state index in [9.17, 15) is 0 Å². The van der Waals surface area contributed by atoms with Crippen LogP contribution in [0.4, 0.5) is 0 Å². The first-order valence-corrected chi connectivity index (χ1v) is 7.44. The van der Waals surface area contributed by atoms with Crippen LogP contribution in [0.2, 0.25) is 0 Å². The fourth-order valence-corrected chi connectivity index (χ4v) is 3.37. The van der Waals surface area contributed by atoms with Crippen molar-refractivity contribution in [2.45, 2.75) is 49.9 Å². The van der Waals surface area contributed by atoms with Gasteiger partial charge in [0, 0.05) is 36.5 Å². The molecular weight excluding hydrogens is 204 g/mol. The molecule has 0 aromatic carbocycles. The Morgan fingerprint density at radius 3 is 2.73 bits per heavy atom. The third-order valence-corrected chi connectivity index (χ3v) is 5.33. The normalized spacial score (nSPS) is 35.4. The van der Waals surface area contributed by atoms with Crippen LogP contribution >= 0.6 is 11.8 Å². The van der Waals surface area contributed by atoms with Gasteiger partial charge in [-0.25, -0.2) is 0 Å². The molecule has 15 heavy (non-hydrogen) atoms. The topological polar surface area (TPSA) is 15.3 Å². The second kappa shape index (κ2) is 4.64. The minimum absolute atomic E-state index is 0.629. The molecule has 2 fully saturated rings. The Hall–Kier alpha value is 0.270. The molecule has 1 aliphatic heterocycles. The summed E-state index contributed by atoms with van der Waals surface area (Å²) in [5.41, 5.74) is 0. The molecule has 3 heteroatoms. The van der Waals surface area contributed by atoms with Gasteiger partial charge < -0.3 is 5.32 Å². The molecule has 2 aliphatic rings. The number of rotatable bonds is 4. The van der Waals surface area contributed by atoms with Gasteiger partial charge >= 0.3 is 0 Å². The van der Waals surface area contributed by atoms with Gasteiger partial charge in [0.25, 0.3) is 0 Å². The van der Waals surface area contributed by atoms with E-state index in [4.69, 9.17) is 0 Å². The number of hydrogen-bond donors (Lipinski definition) is 1. The highest BCUT2D eigenvalue weighted by Gasteiger charge is 2.44. The van der Waals surface area contributed by atoms with Gasteiger partial charge in [0.2, 0.25) is 0 Å². The summed E-state index contributed by atoms with van der Waals surface area (Å²) in [5, 5.41) is 3.59. The predicted octanol–water partition coefficient (Wildman–Crippen LogP) is 1.95. The van der Waals surface area contributed by atoms with E-state index in [-0.39, 0.29) is 0 Å². The van der Waals surface area contributed by atoms with Crippen LogP contribution in [0.1, 0.15) is 33.1 Å². The van der Waals surface area contributed by atoms with Gasteiger partial charge in [-0.05, 0) is 32.4 Å². The summed E-state index contributed by atoms with van der Waals surface area (Å²) < 4.78 is 0.629. The minimum atomic E-state index is 0.629. The van der Waals surface area contributed by atoms with Crippen molar-refractivity contribution in [3.63, 3.8) is 0 Å². The molecule has 2 nitrogen and oxygen atoms in total. The predicted molar refractivity (Wildman–Crippen MR) is 68.6 cm³/mol. The molecule has 0 radical (unpaired) electrons. The molecule has 1 N–H and O–H groups in total. The molecule has 2 rings (SSSR count).